The third-order valence-corrected chi connectivity index (χ3v) is 4.02. The van der Waals surface area contributed by atoms with Gasteiger partial charge in [0.05, 0.1) is 11.8 Å². The highest BCUT2D eigenvalue weighted by molar-refractivity contribution is 5.56. The third kappa shape index (κ3) is 2.90. The third-order valence-electron chi connectivity index (χ3n) is 4.02. The lowest BCUT2D eigenvalue weighted by Gasteiger charge is -2.38. The molecule has 0 amide bonds. The topological polar surface area (TPSA) is 38.5 Å². The van der Waals surface area contributed by atoms with E-state index in [4.69, 9.17) is 10.5 Å². The predicted molar refractivity (Wildman–Crippen MR) is 75.8 cm³/mol. The van der Waals surface area contributed by atoms with Crippen molar-refractivity contribution in [1.29, 1.82) is 0 Å². The van der Waals surface area contributed by atoms with E-state index >= 15 is 0 Å². The molecule has 1 aromatic carbocycles. The molecule has 0 radical (unpaired) electrons. The second-order valence-electron chi connectivity index (χ2n) is 5.45. The van der Waals surface area contributed by atoms with Crippen molar-refractivity contribution in [2.45, 2.75) is 32.4 Å². The minimum absolute atomic E-state index is 0.147. The van der Waals surface area contributed by atoms with Crippen molar-refractivity contribution < 1.29 is 9.13 Å². The molecule has 1 aliphatic heterocycles. The Hall–Kier alpha value is -1.13. The second-order valence-corrected chi connectivity index (χ2v) is 5.45. The van der Waals surface area contributed by atoms with Crippen LogP contribution in [0.1, 0.15) is 31.9 Å². The van der Waals surface area contributed by atoms with Crippen LogP contribution in [-0.4, -0.2) is 26.3 Å². The lowest BCUT2D eigenvalue weighted by molar-refractivity contribution is 0.0496. The summed E-state index contributed by atoms with van der Waals surface area (Å²) in [6, 6.07) is 4.95. The average Bonchev–Trinajstić information content (AvgIpc) is 2.39. The Balaban J connectivity index is 2.31. The molecular weight excluding hydrogens is 243 g/mol. The largest absolute Gasteiger partial charge is 0.379 e. The predicted octanol–water partition coefficient (Wildman–Crippen LogP) is 2.71. The van der Waals surface area contributed by atoms with Gasteiger partial charge in [-0.1, -0.05) is 19.1 Å². The molecule has 0 saturated carbocycles. The van der Waals surface area contributed by atoms with E-state index in [0.717, 1.165) is 25.1 Å². The van der Waals surface area contributed by atoms with Crippen molar-refractivity contribution in [3.63, 3.8) is 0 Å². The van der Waals surface area contributed by atoms with Crippen LogP contribution in [0.25, 0.3) is 0 Å². The first-order chi connectivity index (χ1) is 9.04. The van der Waals surface area contributed by atoms with Gasteiger partial charge >= 0.3 is 0 Å². The van der Waals surface area contributed by atoms with Crippen molar-refractivity contribution in [3.8, 4) is 0 Å². The van der Waals surface area contributed by atoms with E-state index in [1.54, 1.807) is 13.2 Å². The number of hydrogen-bond acceptors (Lipinski definition) is 3. The number of hydrogen-bond donors (Lipinski definition) is 1. The van der Waals surface area contributed by atoms with E-state index in [1.165, 1.54) is 6.07 Å². The number of anilines is 1. The Bertz CT molecular complexity index is 436. The van der Waals surface area contributed by atoms with E-state index in [0.29, 0.717) is 11.6 Å². The lowest BCUT2D eigenvalue weighted by Crippen LogP contribution is -2.44. The van der Waals surface area contributed by atoms with Crippen LogP contribution in [0.3, 0.4) is 0 Å². The molecule has 1 heterocycles. The van der Waals surface area contributed by atoms with Gasteiger partial charge in [0, 0.05) is 26.2 Å². The fourth-order valence-electron chi connectivity index (χ4n) is 2.78. The van der Waals surface area contributed by atoms with Crippen molar-refractivity contribution in [1.82, 2.24) is 0 Å². The first-order valence-corrected chi connectivity index (χ1v) is 6.86. The molecule has 1 fully saturated rings. The van der Waals surface area contributed by atoms with Crippen LogP contribution in [0.2, 0.25) is 0 Å². The number of nitrogens with two attached hydrogens (primary N) is 1. The molecule has 0 spiro atoms. The summed E-state index contributed by atoms with van der Waals surface area (Å²) in [5.41, 5.74) is 7.47. The van der Waals surface area contributed by atoms with Crippen LogP contribution < -0.4 is 10.6 Å². The zero-order chi connectivity index (χ0) is 14.0. The van der Waals surface area contributed by atoms with E-state index in [1.807, 2.05) is 13.0 Å². The molecule has 4 heteroatoms. The molecule has 106 valence electrons. The molecule has 2 rings (SSSR count). The smallest absolute Gasteiger partial charge is 0.146 e. The van der Waals surface area contributed by atoms with Crippen LogP contribution in [0.5, 0.6) is 0 Å². The van der Waals surface area contributed by atoms with Gasteiger partial charge in [0.25, 0.3) is 0 Å². The molecule has 2 N–H and O–H groups in total. The summed E-state index contributed by atoms with van der Waals surface area (Å²) in [5.74, 6) is 0.311. The molecule has 1 aromatic rings. The van der Waals surface area contributed by atoms with Gasteiger partial charge in [0.1, 0.15) is 5.82 Å². The van der Waals surface area contributed by atoms with Gasteiger partial charge < -0.3 is 15.4 Å². The molecular formula is C15H23FN2O. The van der Waals surface area contributed by atoms with Crippen LogP contribution in [0, 0.1) is 11.7 Å². The Morgan fingerprint density at radius 2 is 2.21 bits per heavy atom. The zero-order valence-electron chi connectivity index (χ0n) is 11.9. The van der Waals surface area contributed by atoms with Gasteiger partial charge in [-0.15, -0.1) is 0 Å². The minimum Gasteiger partial charge on any atom is -0.379 e. The van der Waals surface area contributed by atoms with Crippen LogP contribution in [-0.2, 0) is 4.74 Å². The quantitative estimate of drug-likeness (QED) is 0.914. The first kappa shape index (κ1) is 14.3. The first-order valence-electron chi connectivity index (χ1n) is 6.86. The van der Waals surface area contributed by atoms with Crippen LogP contribution in [0.15, 0.2) is 18.2 Å². The molecule has 3 nitrogen and oxygen atoms in total. The van der Waals surface area contributed by atoms with Crippen LogP contribution in [0.4, 0.5) is 10.1 Å². The maximum absolute atomic E-state index is 14.2. The summed E-state index contributed by atoms with van der Waals surface area (Å²) in [5, 5.41) is 0. The summed E-state index contributed by atoms with van der Waals surface area (Å²) in [6.45, 7) is 5.64. The van der Waals surface area contributed by atoms with Crippen molar-refractivity contribution in [3.05, 3.63) is 29.6 Å². The summed E-state index contributed by atoms with van der Waals surface area (Å²) < 4.78 is 19.7. The minimum atomic E-state index is -0.195. The Morgan fingerprint density at radius 3 is 2.84 bits per heavy atom. The summed E-state index contributed by atoms with van der Waals surface area (Å²) in [7, 11) is 1.72. The zero-order valence-corrected chi connectivity index (χ0v) is 11.9. The lowest BCUT2D eigenvalue weighted by atomic mass is 9.94. The maximum atomic E-state index is 14.2. The molecule has 1 saturated heterocycles. The Kier molecular flexibility index (Phi) is 4.42. The van der Waals surface area contributed by atoms with E-state index in [2.05, 4.69) is 11.8 Å². The molecule has 0 aromatic heterocycles. The summed E-state index contributed by atoms with van der Waals surface area (Å²) in [6.07, 6.45) is 1.15. The number of nitrogens with zero attached hydrogens (tertiary/aromatic N) is 1. The van der Waals surface area contributed by atoms with Crippen LogP contribution >= 0.6 is 0 Å². The number of halogens is 1. The molecule has 3 atom stereocenters. The second kappa shape index (κ2) is 5.88. The fourth-order valence-corrected chi connectivity index (χ4v) is 2.78. The average molecular weight is 266 g/mol. The van der Waals surface area contributed by atoms with Gasteiger partial charge in [-0.25, -0.2) is 4.39 Å². The van der Waals surface area contributed by atoms with Gasteiger partial charge in [0.15, 0.2) is 0 Å². The summed E-state index contributed by atoms with van der Waals surface area (Å²) in [4.78, 5) is 2.07. The highest BCUT2D eigenvalue weighted by atomic mass is 19.1. The number of rotatable bonds is 3. The standard InChI is InChI=1S/C15H23FN2O/c1-10-7-8-18(9-14(10)19-3)15-12(11(2)17)5-4-6-13(15)16/h4-6,10-11,14H,7-9,17H2,1-3H3/t10?,11-,14?/m0/s1. The number of piperidine rings is 1. The number of benzene rings is 1. The fraction of sp³-hybridized carbons (Fsp3) is 0.600. The van der Waals surface area contributed by atoms with Crippen molar-refractivity contribution in [2.24, 2.45) is 11.7 Å². The molecule has 1 aliphatic rings. The Morgan fingerprint density at radius 1 is 1.47 bits per heavy atom. The van der Waals surface area contributed by atoms with E-state index in [-0.39, 0.29) is 18.0 Å². The number of para-hydroxylation sites is 1. The van der Waals surface area contributed by atoms with Crippen molar-refractivity contribution in [2.75, 3.05) is 25.1 Å². The molecule has 0 aliphatic carbocycles. The van der Waals surface area contributed by atoms with Gasteiger partial charge in [-0.3, -0.25) is 0 Å². The number of methoxy groups -OCH3 is 1. The highest BCUT2D eigenvalue weighted by Crippen LogP contribution is 2.32. The van der Waals surface area contributed by atoms with Gasteiger partial charge in [-0.2, -0.15) is 0 Å². The number of ether oxygens (including phenoxy) is 1. The highest BCUT2D eigenvalue weighted by Gasteiger charge is 2.29. The normalized spacial score (nSPS) is 25.4. The van der Waals surface area contributed by atoms with E-state index < -0.39 is 0 Å². The van der Waals surface area contributed by atoms with Crippen molar-refractivity contribution >= 4 is 5.69 Å². The molecule has 19 heavy (non-hydrogen) atoms. The molecule has 0 bridgehead atoms. The van der Waals surface area contributed by atoms with E-state index in [9.17, 15) is 4.39 Å². The van der Waals surface area contributed by atoms with Gasteiger partial charge in [0.2, 0.25) is 0 Å². The SMILES string of the molecule is COC1CN(c2c(F)cccc2[C@H](C)N)CCC1C. The van der Waals surface area contributed by atoms with Gasteiger partial charge in [-0.05, 0) is 30.9 Å². The monoisotopic (exact) mass is 266 g/mol. The summed E-state index contributed by atoms with van der Waals surface area (Å²) >= 11 is 0. The Labute approximate surface area is 114 Å². The molecule has 2 unspecified atom stereocenters. The maximum Gasteiger partial charge on any atom is 0.146 e.